The average molecular weight is 347 g/mol. The molecule has 1 aliphatic rings. The van der Waals surface area contributed by atoms with Crippen molar-refractivity contribution < 1.29 is 9.53 Å². The minimum atomic E-state index is -0.433. The highest BCUT2D eigenvalue weighted by atomic mass is 79.9. The lowest BCUT2D eigenvalue weighted by molar-refractivity contribution is -0.116. The van der Waals surface area contributed by atoms with Crippen LogP contribution in [0.25, 0.3) is 0 Å². The average Bonchev–Trinajstić information content (AvgIpc) is 2.79. The van der Waals surface area contributed by atoms with Gasteiger partial charge in [0.25, 0.3) is 5.91 Å². The summed E-state index contributed by atoms with van der Waals surface area (Å²) in [6.07, 6.45) is 0. The van der Waals surface area contributed by atoms with E-state index in [2.05, 4.69) is 26.6 Å². The second-order valence-electron chi connectivity index (χ2n) is 4.70. The van der Waals surface area contributed by atoms with Gasteiger partial charge in [-0.3, -0.25) is 4.79 Å². The Kier molecular flexibility index (Phi) is 3.84. The van der Waals surface area contributed by atoms with Crippen molar-refractivity contribution in [3.63, 3.8) is 0 Å². The molecule has 0 bridgehead atoms. The highest BCUT2D eigenvalue weighted by Gasteiger charge is 2.32. The zero-order valence-electron chi connectivity index (χ0n) is 11.5. The van der Waals surface area contributed by atoms with Crippen molar-refractivity contribution in [2.24, 2.45) is 0 Å². The van der Waals surface area contributed by atoms with E-state index >= 15 is 0 Å². The Labute approximate surface area is 131 Å². The molecule has 0 spiro atoms. The maximum Gasteiger partial charge on any atom is 0.251 e. The summed E-state index contributed by atoms with van der Waals surface area (Å²) >= 11 is 3.51. The lowest BCUT2D eigenvalue weighted by Crippen LogP contribution is -2.20. The molecule has 2 aromatic carbocycles. The molecule has 2 N–H and O–H groups in total. The Morgan fingerprint density at radius 1 is 1.24 bits per heavy atom. The first-order valence-corrected chi connectivity index (χ1v) is 7.57. The fourth-order valence-electron chi connectivity index (χ4n) is 2.44. The summed E-state index contributed by atoms with van der Waals surface area (Å²) in [5, 5.41) is 6.16. The predicted octanol–water partition coefficient (Wildman–Crippen LogP) is 3.95. The summed E-state index contributed by atoms with van der Waals surface area (Å²) in [5.41, 5.74) is 2.57. The van der Waals surface area contributed by atoms with Crippen LogP contribution >= 0.6 is 15.9 Å². The summed E-state index contributed by atoms with van der Waals surface area (Å²) in [6.45, 7) is 2.51. The fourth-order valence-corrected chi connectivity index (χ4v) is 3.03. The second kappa shape index (κ2) is 5.77. The number of ether oxygens (including phenoxy) is 1. The maximum atomic E-state index is 12.2. The molecule has 0 saturated heterocycles. The van der Waals surface area contributed by atoms with Crippen molar-refractivity contribution in [2.75, 3.05) is 17.2 Å². The van der Waals surface area contributed by atoms with Crippen LogP contribution in [0.2, 0.25) is 0 Å². The maximum absolute atomic E-state index is 12.2. The molecular formula is C16H15BrN2O2. The number of fused-ring (bicyclic) bond motifs is 1. The van der Waals surface area contributed by atoms with E-state index in [1.165, 1.54) is 0 Å². The number of benzene rings is 2. The molecule has 0 aromatic heterocycles. The van der Waals surface area contributed by atoms with Crippen LogP contribution < -0.4 is 15.4 Å². The molecular weight excluding hydrogens is 332 g/mol. The van der Waals surface area contributed by atoms with Gasteiger partial charge in [-0.1, -0.05) is 34.1 Å². The zero-order valence-corrected chi connectivity index (χ0v) is 13.1. The molecule has 21 heavy (non-hydrogen) atoms. The van der Waals surface area contributed by atoms with Crippen LogP contribution in [0.1, 0.15) is 18.5 Å². The molecule has 0 aliphatic carbocycles. The van der Waals surface area contributed by atoms with Gasteiger partial charge >= 0.3 is 0 Å². The summed E-state index contributed by atoms with van der Waals surface area (Å²) in [5.74, 6) is 0.677. The van der Waals surface area contributed by atoms with Crippen LogP contribution in [0.4, 0.5) is 11.4 Å². The number of anilines is 2. The highest BCUT2D eigenvalue weighted by Crippen LogP contribution is 2.39. The largest absolute Gasteiger partial charge is 0.492 e. The predicted molar refractivity (Wildman–Crippen MR) is 86.7 cm³/mol. The van der Waals surface area contributed by atoms with Gasteiger partial charge in [0.15, 0.2) is 0 Å². The zero-order chi connectivity index (χ0) is 14.8. The van der Waals surface area contributed by atoms with E-state index < -0.39 is 6.04 Å². The third-order valence-corrected chi connectivity index (χ3v) is 4.04. The number of carbonyl (C=O) groups is 1. The number of hydrogen-bond acceptors (Lipinski definition) is 3. The van der Waals surface area contributed by atoms with E-state index in [0.29, 0.717) is 6.61 Å². The molecule has 1 amide bonds. The van der Waals surface area contributed by atoms with Crippen molar-refractivity contribution in [1.82, 2.24) is 0 Å². The van der Waals surface area contributed by atoms with Crippen molar-refractivity contribution in [3.8, 4) is 5.75 Å². The fraction of sp³-hybridized carbons (Fsp3) is 0.188. The number of amides is 1. The molecule has 0 saturated carbocycles. The number of para-hydroxylation sites is 2. The van der Waals surface area contributed by atoms with E-state index in [1.807, 2.05) is 49.4 Å². The third-order valence-electron chi connectivity index (χ3n) is 3.35. The van der Waals surface area contributed by atoms with E-state index in [-0.39, 0.29) is 5.91 Å². The molecule has 1 aliphatic heterocycles. The van der Waals surface area contributed by atoms with Gasteiger partial charge in [0.2, 0.25) is 0 Å². The molecule has 0 fully saturated rings. The first-order chi connectivity index (χ1) is 10.2. The Morgan fingerprint density at radius 2 is 2.05 bits per heavy atom. The molecule has 3 rings (SSSR count). The van der Waals surface area contributed by atoms with E-state index in [1.54, 1.807) is 0 Å². The molecule has 1 unspecified atom stereocenters. The molecule has 0 radical (unpaired) electrons. The number of rotatable bonds is 4. The standard InChI is InChI=1S/C16H15BrN2O2/c1-2-21-13-9-4-3-7-11(13)18-15-14-10(17)6-5-8-12(14)19-16(15)20/h3-9,15,18H,2H2,1H3,(H,19,20). The molecule has 2 aromatic rings. The minimum Gasteiger partial charge on any atom is -0.492 e. The molecule has 5 heteroatoms. The Hall–Kier alpha value is -2.01. The molecule has 108 valence electrons. The second-order valence-corrected chi connectivity index (χ2v) is 5.55. The lowest BCUT2D eigenvalue weighted by Gasteiger charge is -2.17. The summed E-state index contributed by atoms with van der Waals surface area (Å²) in [4.78, 5) is 12.2. The molecule has 4 nitrogen and oxygen atoms in total. The van der Waals surface area contributed by atoms with Gasteiger partial charge in [-0.05, 0) is 31.2 Å². The minimum absolute atomic E-state index is 0.0665. The quantitative estimate of drug-likeness (QED) is 0.880. The SMILES string of the molecule is CCOc1ccccc1NC1C(=O)Nc2cccc(Br)c21. The van der Waals surface area contributed by atoms with Crippen LogP contribution in [0.15, 0.2) is 46.9 Å². The molecule has 1 atom stereocenters. The van der Waals surface area contributed by atoms with Crippen LogP contribution in [-0.4, -0.2) is 12.5 Å². The van der Waals surface area contributed by atoms with Crippen molar-refractivity contribution in [1.29, 1.82) is 0 Å². The Morgan fingerprint density at radius 3 is 2.86 bits per heavy atom. The van der Waals surface area contributed by atoms with Gasteiger partial charge in [-0.15, -0.1) is 0 Å². The number of carbonyl (C=O) groups excluding carboxylic acids is 1. The van der Waals surface area contributed by atoms with Crippen molar-refractivity contribution in [2.45, 2.75) is 13.0 Å². The van der Waals surface area contributed by atoms with Crippen molar-refractivity contribution >= 4 is 33.2 Å². The van der Waals surface area contributed by atoms with E-state index in [0.717, 1.165) is 27.2 Å². The van der Waals surface area contributed by atoms with Gasteiger partial charge in [0, 0.05) is 15.7 Å². The van der Waals surface area contributed by atoms with Crippen LogP contribution in [-0.2, 0) is 4.79 Å². The first-order valence-electron chi connectivity index (χ1n) is 6.78. The van der Waals surface area contributed by atoms with Crippen LogP contribution in [0, 0.1) is 0 Å². The summed E-state index contributed by atoms with van der Waals surface area (Å²) < 4.78 is 6.50. The van der Waals surface area contributed by atoms with Gasteiger partial charge in [0.05, 0.1) is 12.3 Å². The molecule has 1 heterocycles. The Balaban J connectivity index is 1.95. The van der Waals surface area contributed by atoms with Crippen molar-refractivity contribution in [3.05, 3.63) is 52.5 Å². The number of nitrogens with one attached hydrogen (secondary N) is 2. The van der Waals surface area contributed by atoms with Crippen LogP contribution in [0.5, 0.6) is 5.75 Å². The Bertz CT molecular complexity index is 688. The summed E-state index contributed by atoms with van der Waals surface area (Å²) in [6, 6.07) is 12.9. The number of halogens is 1. The van der Waals surface area contributed by atoms with Gasteiger partial charge in [0.1, 0.15) is 11.8 Å². The normalized spacial score (nSPS) is 16.3. The van der Waals surface area contributed by atoms with Gasteiger partial charge in [-0.25, -0.2) is 0 Å². The van der Waals surface area contributed by atoms with Gasteiger partial charge < -0.3 is 15.4 Å². The lowest BCUT2D eigenvalue weighted by atomic mass is 10.1. The highest BCUT2D eigenvalue weighted by molar-refractivity contribution is 9.10. The third kappa shape index (κ3) is 2.61. The first kappa shape index (κ1) is 13.9. The van der Waals surface area contributed by atoms with Gasteiger partial charge in [-0.2, -0.15) is 0 Å². The number of hydrogen-bond donors (Lipinski definition) is 2. The monoisotopic (exact) mass is 346 g/mol. The smallest absolute Gasteiger partial charge is 0.251 e. The topological polar surface area (TPSA) is 50.4 Å². The van der Waals surface area contributed by atoms with E-state index in [9.17, 15) is 4.79 Å². The van der Waals surface area contributed by atoms with Crippen LogP contribution in [0.3, 0.4) is 0 Å². The van der Waals surface area contributed by atoms with E-state index in [4.69, 9.17) is 4.74 Å². The summed E-state index contributed by atoms with van der Waals surface area (Å²) in [7, 11) is 0.